The summed E-state index contributed by atoms with van der Waals surface area (Å²) in [6.45, 7) is 11.3. The maximum atomic E-state index is 13.1. The van der Waals surface area contributed by atoms with Crippen molar-refractivity contribution in [3.8, 4) is 0 Å². The standard InChI is InChI=1S/C23H32N4O2/c1-6-13-26(23(29)24-21-12-8-7-10-19(21)4)17-22(28)27(15-18(2)3)16-20-11-9-14-25(20)5/h6-12,14,18H,1,13,15-17H2,2-5H3,(H,24,29). The van der Waals surface area contributed by atoms with Gasteiger partial charge >= 0.3 is 6.03 Å². The summed E-state index contributed by atoms with van der Waals surface area (Å²) >= 11 is 0. The van der Waals surface area contributed by atoms with E-state index < -0.39 is 0 Å². The molecule has 2 aromatic rings. The van der Waals surface area contributed by atoms with Crippen molar-refractivity contribution >= 4 is 17.6 Å². The molecule has 0 bridgehead atoms. The number of para-hydroxylation sites is 1. The zero-order chi connectivity index (χ0) is 21.4. The minimum Gasteiger partial charge on any atom is -0.353 e. The van der Waals surface area contributed by atoms with Gasteiger partial charge in [0.05, 0.1) is 6.54 Å². The molecule has 0 unspecified atom stereocenters. The lowest BCUT2D eigenvalue weighted by Crippen LogP contribution is -2.45. The molecule has 0 fully saturated rings. The summed E-state index contributed by atoms with van der Waals surface area (Å²) in [6.07, 6.45) is 3.60. The molecule has 1 aromatic carbocycles. The van der Waals surface area contributed by atoms with Crippen molar-refractivity contribution in [3.63, 3.8) is 0 Å². The van der Waals surface area contributed by atoms with E-state index in [0.29, 0.717) is 25.6 Å². The van der Waals surface area contributed by atoms with Crippen LogP contribution in [-0.2, 0) is 18.4 Å². The molecule has 3 amide bonds. The van der Waals surface area contributed by atoms with E-state index in [-0.39, 0.29) is 18.5 Å². The highest BCUT2D eigenvalue weighted by Gasteiger charge is 2.22. The summed E-state index contributed by atoms with van der Waals surface area (Å²) in [7, 11) is 1.97. The second-order valence-corrected chi connectivity index (χ2v) is 7.69. The van der Waals surface area contributed by atoms with Gasteiger partial charge in [-0.05, 0) is 36.6 Å². The number of aryl methyl sites for hydroxylation is 2. The topological polar surface area (TPSA) is 57.6 Å². The molecule has 0 radical (unpaired) electrons. The second kappa shape index (κ2) is 10.5. The van der Waals surface area contributed by atoms with Gasteiger partial charge in [-0.1, -0.05) is 38.1 Å². The number of amides is 3. The highest BCUT2D eigenvalue weighted by molar-refractivity contribution is 5.93. The average Bonchev–Trinajstić information content (AvgIpc) is 3.07. The van der Waals surface area contributed by atoms with E-state index >= 15 is 0 Å². The summed E-state index contributed by atoms with van der Waals surface area (Å²) in [4.78, 5) is 29.2. The van der Waals surface area contributed by atoms with E-state index in [0.717, 1.165) is 16.9 Å². The Kier molecular flexibility index (Phi) is 8.07. The zero-order valence-corrected chi connectivity index (χ0v) is 17.9. The Morgan fingerprint density at radius 2 is 1.90 bits per heavy atom. The Hall–Kier alpha value is -3.02. The number of carbonyl (C=O) groups is 2. The number of hydrogen-bond donors (Lipinski definition) is 1. The zero-order valence-electron chi connectivity index (χ0n) is 17.9. The number of nitrogens with one attached hydrogen (secondary N) is 1. The lowest BCUT2D eigenvalue weighted by atomic mass is 10.2. The lowest BCUT2D eigenvalue weighted by Gasteiger charge is -2.28. The summed E-state index contributed by atoms with van der Waals surface area (Å²) in [6, 6.07) is 11.2. The van der Waals surface area contributed by atoms with Crippen molar-refractivity contribution in [2.24, 2.45) is 13.0 Å². The molecule has 0 aliphatic carbocycles. The summed E-state index contributed by atoms with van der Waals surface area (Å²) in [5.41, 5.74) is 2.76. The second-order valence-electron chi connectivity index (χ2n) is 7.69. The first kappa shape index (κ1) is 22.3. The molecular formula is C23H32N4O2. The van der Waals surface area contributed by atoms with Gasteiger partial charge in [-0.2, -0.15) is 0 Å². The van der Waals surface area contributed by atoms with Crippen LogP contribution in [0.4, 0.5) is 10.5 Å². The van der Waals surface area contributed by atoms with Crippen molar-refractivity contribution < 1.29 is 9.59 Å². The first-order valence-electron chi connectivity index (χ1n) is 9.92. The minimum atomic E-state index is -0.309. The monoisotopic (exact) mass is 396 g/mol. The van der Waals surface area contributed by atoms with Gasteiger partial charge < -0.3 is 19.7 Å². The Bertz CT molecular complexity index is 841. The molecule has 1 aromatic heterocycles. The van der Waals surface area contributed by atoms with E-state index in [1.165, 1.54) is 4.90 Å². The van der Waals surface area contributed by atoms with Gasteiger partial charge in [-0.25, -0.2) is 4.79 Å². The van der Waals surface area contributed by atoms with Crippen molar-refractivity contribution in [1.82, 2.24) is 14.4 Å². The first-order valence-corrected chi connectivity index (χ1v) is 9.92. The first-order chi connectivity index (χ1) is 13.8. The van der Waals surface area contributed by atoms with Gasteiger partial charge in [0, 0.05) is 37.7 Å². The number of anilines is 1. The van der Waals surface area contributed by atoms with Crippen LogP contribution in [0.5, 0.6) is 0 Å². The molecule has 0 aliphatic rings. The summed E-state index contributed by atoms with van der Waals surface area (Å²) in [5, 5.41) is 2.90. The molecule has 0 saturated heterocycles. The number of urea groups is 1. The molecule has 0 saturated carbocycles. The number of rotatable bonds is 9. The molecule has 0 spiro atoms. The van der Waals surface area contributed by atoms with Gasteiger partial charge in [0.2, 0.25) is 5.91 Å². The fraction of sp³-hybridized carbons (Fsp3) is 0.391. The van der Waals surface area contributed by atoms with Crippen LogP contribution in [0.15, 0.2) is 55.3 Å². The number of nitrogens with zero attached hydrogens (tertiary/aromatic N) is 3. The third kappa shape index (κ3) is 6.52. The van der Waals surface area contributed by atoms with Gasteiger partial charge in [-0.3, -0.25) is 4.79 Å². The highest BCUT2D eigenvalue weighted by Crippen LogP contribution is 2.14. The van der Waals surface area contributed by atoms with Gasteiger partial charge in [0.25, 0.3) is 0 Å². The van der Waals surface area contributed by atoms with Crippen LogP contribution in [-0.4, -0.2) is 45.9 Å². The highest BCUT2D eigenvalue weighted by atomic mass is 16.2. The van der Waals surface area contributed by atoms with E-state index in [1.54, 1.807) is 6.08 Å². The van der Waals surface area contributed by atoms with Gasteiger partial charge in [0.15, 0.2) is 0 Å². The normalized spacial score (nSPS) is 10.7. The Morgan fingerprint density at radius 1 is 1.17 bits per heavy atom. The molecule has 2 rings (SSSR count). The van der Waals surface area contributed by atoms with Crippen LogP contribution in [0.2, 0.25) is 0 Å². The molecule has 1 N–H and O–H groups in total. The van der Waals surface area contributed by atoms with Crippen LogP contribution >= 0.6 is 0 Å². The molecule has 156 valence electrons. The molecule has 0 aliphatic heterocycles. The van der Waals surface area contributed by atoms with Crippen molar-refractivity contribution in [2.75, 3.05) is 25.0 Å². The molecule has 29 heavy (non-hydrogen) atoms. The Labute approximate surface area is 173 Å². The third-order valence-corrected chi connectivity index (χ3v) is 4.69. The van der Waals surface area contributed by atoms with Crippen LogP contribution < -0.4 is 5.32 Å². The van der Waals surface area contributed by atoms with Crippen LogP contribution in [0.3, 0.4) is 0 Å². The predicted octanol–water partition coefficient (Wildman–Crippen LogP) is 4.04. The molecule has 6 nitrogen and oxygen atoms in total. The van der Waals surface area contributed by atoms with Crippen molar-refractivity contribution in [2.45, 2.75) is 27.3 Å². The Balaban J connectivity index is 2.11. The SMILES string of the molecule is C=CCN(CC(=O)N(Cc1cccn1C)CC(C)C)C(=O)Nc1ccccc1C. The number of aromatic nitrogens is 1. The van der Waals surface area contributed by atoms with Gasteiger partial charge in [-0.15, -0.1) is 6.58 Å². The number of benzene rings is 1. The summed E-state index contributed by atoms with van der Waals surface area (Å²) < 4.78 is 2.01. The number of carbonyl (C=O) groups excluding carboxylic acids is 2. The van der Waals surface area contributed by atoms with E-state index in [1.807, 2.05) is 66.0 Å². The maximum absolute atomic E-state index is 13.1. The number of hydrogen-bond acceptors (Lipinski definition) is 2. The largest absolute Gasteiger partial charge is 0.353 e. The van der Waals surface area contributed by atoms with Crippen molar-refractivity contribution in [1.29, 1.82) is 0 Å². The fourth-order valence-electron chi connectivity index (χ4n) is 3.10. The molecular weight excluding hydrogens is 364 g/mol. The van der Waals surface area contributed by atoms with Crippen LogP contribution in [0.25, 0.3) is 0 Å². The molecule has 1 heterocycles. The van der Waals surface area contributed by atoms with Crippen LogP contribution in [0.1, 0.15) is 25.1 Å². The lowest BCUT2D eigenvalue weighted by molar-refractivity contribution is -0.132. The molecule has 0 atom stereocenters. The smallest absolute Gasteiger partial charge is 0.322 e. The maximum Gasteiger partial charge on any atom is 0.322 e. The van der Waals surface area contributed by atoms with Crippen molar-refractivity contribution in [3.05, 3.63) is 66.5 Å². The Morgan fingerprint density at radius 3 is 2.48 bits per heavy atom. The van der Waals surface area contributed by atoms with Crippen LogP contribution in [0, 0.1) is 12.8 Å². The van der Waals surface area contributed by atoms with E-state index in [9.17, 15) is 9.59 Å². The van der Waals surface area contributed by atoms with E-state index in [2.05, 4.69) is 25.7 Å². The predicted molar refractivity (Wildman–Crippen MR) is 118 cm³/mol. The quantitative estimate of drug-likeness (QED) is 0.651. The average molecular weight is 397 g/mol. The molecule has 6 heteroatoms. The fourth-order valence-corrected chi connectivity index (χ4v) is 3.10. The third-order valence-electron chi connectivity index (χ3n) is 4.69. The van der Waals surface area contributed by atoms with Gasteiger partial charge in [0.1, 0.15) is 6.54 Å². The summed E-state index contributed by atoms with van der Waals surface area (Å²) in [5.74, 6) is 0.245. The van der Waals surface area contributed by atoms with E-state index in [4.69, 9.17) is 0 Å². The minimum absolute atomic E-state index is 0.000870.